The number of benzene rings is 2. The predicted octanol–water partition coefficient (Wildman–Crippen LogP) is 4.17. The van der Waals surface area contributed by atoms with Gasteiger partial charge in [-0.05, 0) is 60.9 Å². The molecule has 0 radical (unpaired) electrons. The highest BCUT2D eigenvalue weighted by Crippen LogP contribution is 2.16. The van der Waals surface area contributed by atoms with Crippen LogP contribution in [-0.2, 0) is 4.79 Å². The van der Waals surface area contributed by atoms with E-state index in [9.17, 15) is 4.79 Å². The maximum absolute atomic E-state index is 11.7. The summed E-state index contributed by atoms with van der Waals surface area (Å²) in [7, 11) is 0. The minimum absolute atomic E-state index is 0.149. The summed E-state index contributed by atoms with van der Waals surface area (Å²) in [6.07, 6.45) is 3.25. The van der Waals surface area contributed by atoms with Crippen molar-refractivity contribution in [3.05, 3.63) is 70.3 Å². The Morgan fingerprint density at radius 2 is 1.87 bits per heavy atom. The second-order valence-corrected chi connectivity index (χ2v) is 5.71. The molecular weight excluding hydrogens is 310 g/mol. The van der Waals surface area contributed by atoms with E-state index >= 15 is 0 Å². The van der Waals surface area contributed by atoms with Crippen LogP contribution in [0.2, 0.25) is 5.02 Å². The van der Waals surface area contributed by atoms with Crippen molar-refractivity contribution in [2.45, 2.75) is 13.8 Å². The van der Waals surface area contributed by atoms with Crippen LogP contribution in [0, 0.1) is 13.8 Å². The number of aryl methyl sites for hydroxylation is 2. The first-order chi connectivity index (χ1) is 11.0. The Morgan fingerprint density at radius 1 is 1.13 bits per heavy atom. The molecule has 120 valence electrons. The van der Waals surface area contributed by atoms with E-state index < -0.39 is 0 Å². The van der Waals surface area contributed by atoms with Crippen LogP contribution >= 0.6 is 11.6 Å². The number of carbonyl (C=O) groups is 1. The summed E-state index contributed by atoms with van der Waals surface area (Å²) in [5.41, 5.74) is 3.35. The second-order valence-electron chi connectivity index (χ2n) is 5.27. The molecule has 0 saturated heterocycles. The standard InChI is InChI=1S/C19H20ClNO2/c1-14-3-9-18(13-15(14)2)23-12-11-21-19(22)10-6-16-4-7-17(20)8-5-16/h3-10,13H,11-12H2,1-2H3,(H,21,22)/b10-6+. The Bertz CT molecular complexity index is 693. The molecule has 0 spiro atoms. The smallest absolute Gasteiger partial charge is 0.244 e. The first kappa shape index (κ1) is 17.1. The van der Waals surface area contributed by atoms with Crippen LogP contribution in [0.4, 0.5) is 0 Å². The van der Waals surface area contributed by atoms with E-state index in [1.54, 1.807) is 18.2 Å². The van der Waals surface area contributed by atoms with Gasteiger partial charge in [0.15, 0.2) is 0 Å². The molecule has 23 heavy (non-hydrogen) atoms. The van der Waals surface area contributed by atoms with Crippen molar-refractivity contribution < 1.29 is 9.53 Å². The molecule has 0 aromatic heterocycles. The van der Waals surface area contributed by atoms with Gasteiger partial charge in [0.25, 0.3) is 0 Å². The van der Waals surface area contributed by atoms with Crippen molar-refractivity contribution >= 4 is 23.6 Å². The van der Waals surface area contributed by atoms with Crippen molar-refractivity contribution in [3.8, 4) is 5.75 Å². The van der Waals surface area contributed by atoms with E-state index in [-0.39, 0.29) is 5.91 Å². The molecule has 0 saturated carbocycles. The molecule has 0 aliphatic carbocycles. The van der Waals surface area contributed by atoms with Crippen LogP contribution in [0.25, 0.3) is 6.08 Å². The second kappa shape index (κ2) is 8.39. The summed E-state index contributed by atoms with van der Waals surface area (Å²) in [6.45, 7) is 5.00. The number of hydrogen-bond acceptors (Lipinski definition) is 2. The van der Waals surface area contributed by atoms with Gasteiger partial charge < -0.3 is 10.1 Å². The number of ether oxygens (including phenoxy) is 1. The van der Waals surface area contributed by atoms with Crippen molar-refractivity contribution in [1.82, 2.24) is 5.32 Å². The summed E-state index contributed by atoms with van der Waals surface area (Å²) >= 11 is 5.81. The topological polar surface area (TPSA) is 38.3 Å². The summed E-state index contributed by atoms with van der Waals surface area (Å²) in [6, 6.07) is 13.2. The third-order valence-electron chi connectivity index (χ3n) is 3.45. The molecule has 2 aromatic carbocycles. The predicted molar refractivity (Wildman–Crippen MR) is 94.9 cm³/mol. The van der Waals surface area contributed by atoms with E-state index in [4.69, 9.17) is 16.3 Å². The molecule has 1 N–H and O–H groups in total. The van der Waals surface area contributed by atoms with E-state index in [0.717, 1.165) is 11.3 Å². The highest BCUT2D eigenvalue weighted by Gasteiger charge is 1.99. The molecule has 0 bridgehead atoms. The molecule has 0 fully saturated rings. The molecule has 0 unspecified atom stereocenters. The first-order valence-corrected chi connectivity index (χ1v) is 7.84. The zero-order valence-corrected chi connectivity index (χ0v) is 14.1. The fourth-order valence-corrected chi connectivity index (χ4v) is 2.08. The molecule has 0 atom stereocenters. The summed E-state index contributed by atoms with van der Waals surface area (Å²) in [5, 5.41) is 3.46. The number of nitrogens with one attached hydrogen (secondary N) is 1. The van der Waals surface area contributed by atoms with Gasteiger partial charge in [0, 0.05) is 11.1 Å². The van der Waals surface area contributed by atoms with E-state index in [1.165, 1.54) is 17.2 Å². The van der Waals surface area contributed by atoms with E-state index in [1.807, 2.05) is 37.3 Å². The van der Waals surface area contributed by atoms with Gasteiger partial charge in [-0.3, -0.25) is 4.79 Å². The Labute approximate surface area is 141 Å². The van der Waals surface area contributed by atoms with E-state index in [2.05, 4.69) is 12.2 Å². The summed E-state index contributed by atoms with van der Waals surface area (Å²) < 4.78 is 5.61. The average Bonchev–Trinajstić information content (AvgIpc) is 2.54. The highest BCUT2D eigenvalue weighted by molar-refractivity contribution is 6.30. The molecule has 0 aliphatic heterocycles. The number of rotatable bonds is 6. The Balaban J connectivity index is 1.72. The summed E-state index contributed by atoms with van der Waals surface area (Å²) in [5.74, 6) is 0.669. The van der Waals surface area contributed by atoms with E-state index in [0.29, 0.717) is 18.2 Å². The number of amides is 1. The Kier molecular flexibility index (Phi) is 6.24. The lowest BCUT2D eigenvalue weighted by Gasteiger charge is -2.08. The lowest BCUT2D eigenvalue weighted by molar-refractivity contribution is -0.116. The largest absolute Gasteiger partial charge is 0.492 e. The first-order valence-electron chi connectivity index (χ1n) is 7.46. The SMILES string of the molecule is Cc1ccc(OCCNC(=O)/C=C/c2ccc(Cl)cc2)cc1C. The molecule has 2 aromatic rings. The molecule has 2 rings (SSSR count). The third-order valence-corrected chi connectivity index (χ3v) is 3.70. The normalized spacial score (nSPS) is 10.7. The van der Waals surface area contributed by atoms with Gasteiger partial charge in [0.2, 0.25) is 5.91 Å². The van der Waals surface area contributed by atoms with Crippen LogP contribution in [-0.4, -0.2) is 19.1 Å². The Morgan fingerprint density at radius 3 is 2.57 bits per heavy atom. The minimum Gasteiger partial charge on any atom is -0.492 e. The lowest BCUT2D eigenvalue weighted by atomic mass is 10.1. The maximum Gasteiger partial charge on any atom is 0.244 e. The van der Waals surface area contributed by atoms with Crippen LogP contribution in [0.1, 0.15) is 16.7 Å². The van der Waals surface area contributed by atoms with Crippen molar-refractivity contribution in [2.75, 3.05) is 13.2 Å². The molecule has 0 heterocycles. The van der Waals surface area contributed by atoms with Crippen LogP contribution in [0.5, 0.6) is 5.75 Å². The molecular formula is C19H20ClNO2. The number of halogens is 1. The van der Waals surface area contributed by atoms with Gasteiger partial charge in [0.1, 0.15) is 12.4 Å². The van der Waals surface area contributed by atoms with Crippen LogP contribution in [0.3, 0.4) is 0 Å². The van der Waals surface area contributed by atoms with Crippen molar-refractivity contribution in [2.24, 2.45) is 0 Å². The lowest BCUT2D eigenvalue weighted by Crippen LogP contribution is -2.26. The van der Waals surface area contributed by atoms with Gasteiger partial charge in [-0.2, -0.15) is 0 Å². The number of carbonyl (C=O) groups excluding carboxylic acids is 1. The highest BCUT2D eigenvalue weighted by atomic mass is 35.5. The van der Waals surface area contributed by atoms with Crippen molar-refractivity contribution in [1.29, 1.82) is 0 Å². The molecule has 1 amide bonds. The van der Waals surface area contributed by atoms with Gasteiger partial charge in [-0.1, -0.05) is 29.8 Å². The third kappa shape index (κ3) is 5.80. The fourth-order valence-electron chi connectivity index (χ4n) is 1.95. The molecule has 4 heteroatoms. The number of hydrogen-bond donors (Lipinski definition) is 1. The fraction of sp³-hybridized carbons (Fsp3) is 0.211. The maximum atomic E-state index is 11.7. The van der Waals surface area contributed by atoms with Gasteiger partial charge in [-0.25, -0.2) is 0 Å². The Hall–Kier alpha value is -2.26. The van der Waals surface area contributed by atoms with Gasteiger partial charge in [-0.15, -0.1) is 0 Å². The van der Waals surface area contributed by atoms with Crippen LogP contribution < -0.4 is 10.1 Å². The quantitative estimate of drug-likeness (QED) is 0.638. The molecule has 0 aliphatic rings. The summed E-state index contributed by atoms with van der Waals surface area (Å²) in [4.78, 5) is 11.7. The van der Waals surface area contributed by atoms with Crippen molar-refractivity contribution in [3.63, 3.8) is 0 Å². The van der Waals surface area contributed by atoms with Gasteiger partial charge in [0.05, 0.1) is 6.54 Å². The average molecular weight is 330 g/mol. The zero-order chi connectivity index (χ0) is 16.7. The minimum atomic E-state index is -0.149. The van der Waals surface area contributed by atoms with Gasteiger partial charge >= 0.3 is 0 Å². The monoisotopic (exact) mass is 329 g/mol. The zero-order valence-electron chi connectivity index (χ0n) is 13.3. The molecule has 3 nitrogen and oxygen atoms in total. The van der Waals surface area contributed by atoms with Crippen LogP contribution in [0.15, 0.2) is 48.5 Å².